The van der Waals surface area contributed by atoms with E-state index in [0.29, 0.717) is 13.0 Å². The Morgan fingerprint density at radius 3 is 2.54 bits per heavy atom. The van der Waals surface area contributed by atoms with Crippen molar-refractivity contribution in [2.24, 2.45) is 5.41 Å². The summed E-state index contributed by atoms with van der Waals surface area (Å²) in [6.45, 7) is 6.28. The first-order chi connectivity index (χ1) is 11.5. The van der Waals surface area contributed by atoms with Crippen LogP contribution in [-0.2, 0) is 11.3 Å². The normalized spacial score (nSPS) is 22.3. The van der Waals surface area contributed by atoms with Crippen LogP contribution in [0.15, 0.2) is 24.3 Å². The van der Waals surface area contributed by atoms with Gasteiger partial charge in [0.15, 0.2) is 0 Å². The van der Waals surface area contributed by atoms with Crippen molar-refractivity contribution in [2.45, 2.75) is 45.3 Å². The van der Waals surface area contributed by atoms with Gasteiger partial charge in [-0.15, -0.1) is 0 Å². The van der Waals surface area contributed by atoms with E-state index in [0.717, 1.165) is 56.0 Å². The van der Waals surface area contributed by atoms with E-state index in [9.17, 15) is 9.90 Å². The van der Waals surface area contributed by atoms with Crippen LogP contribution >= 0.6 is 11.6 Å². The van der Waals surface area contributed by atoms with E-state index in [1.54, 1.807) is 0 Å². The lowest BCUT2D eigenvalue weighted by molar-refractivity contribution is -0.128. The molecule has 24 heavy (non-hydrogen) atoms. The molecule has 132 valence electrons. The van der Waals surface area contributed by atoms with Gasteiger partial charge < -0.3 is 14.9 Å². The van der Waals surface area contributed by atoms with E-state index in [1.807, 2.05) is 36.1 Å². The third kappa shape index (κ3) is 4.11. The number of hydrogen-bond donors (Lipinski definition) is 1. The average Bonchev–Trinajstić information content (AvgIpc) is 2.87. The minimum absolute atomic E-state index is 0.136. The van der Waals surface area contributed by atoms with Crippen molar-refractivity contribution in [3.63, 3.8) is 0 Å². The van der Waals surface area contributed by atoms with Gasteiger partial charge in [0.05, 0.1) is 6.10 Å². The zero-order valence-electron chi connectivity index (χ0n) is 14.4. The minimum atomic E-state index is -0.231. The van der Waals surface area contributed by atoms with Crippen molar-refractivity contribution in [2.75, 3.05) is 26.2 Å². The van der Waals surface area contributed by atoms with Crippen molar-refractivity contribution in [1.82, 2.24) is 9.80 Å². The molecule has 4 nitrogen and oxygen atoms in total. The van der Waals surface area contributed by atoms with Crippen LogP contribution < -0.4 is 0 Å². The number of likely N-dealkylation sites (tertiary alicyclic amines) is 2. The maximum absolute atomic E-state index is 12.5. The van der Waals surface area contributed by atoms with E-state index in [4.69, 9.17) is 11.6 Å². The van der Waals surface area contributed by atoms with E-state index < -0.39 is 0 Å². The van der Waals surface area contributed by atoms with Gasteiger partial charge in [-0.1, -0.05) is 30.7 Å². The van der Waals surface area contributed by atoms with Crippen LogP contribution in [-0.4, -0.2) is 53.1 Å². The Labute approximate surface area is 149 Å². The molecular weight excluding hydrogens is 324 g/mol. The van der Waals surface area contributed by atoms with E-state index in [1.165, 1.54) is 0 Å². The molecule has 2 heterocycles. The molecule has 5 heteroatoms. The maximum atomic E-state index is 12.5. The number of aliphatic hydroxyl groups excluding tert-OH is 1. The quantitative estimate of drug-likeness (QED) is 0.888. The Morgan fingerprint density at radius 2 is 1.92 bits per heavy atom. The molecule has 3 rings (SSSR count). The predicted molar refractivity (Wildman–Crippen MR) is 95.9 cm³/mol. The molecule has 1 aromatic carbocycles. The third-order valence-electron chi connectivity index (χ3n) is 5.55. The second kappa shape index (κ2) is 7.42. The Kier molecular flexibility index (Phi) is 5.48. The number of nitrogens with zero attached hydrogens (tertiary/aromatic N) is 2. The fourth-order valence-corrected chi connectivity index (χ4v) is 4.03. The summed E-state index contributed by atoms with van der Waals surface area (Å²) in [5, 5.41) is 10.5. The van der Waals surface area contributed by atoms with Gasteiger partial charge in [-0.2, -0.15) is 0 Å². The summed E-state index contributed by atoms with van der Waals surface area (Å²) in [5.41, 5.74) is 1.27. The lowest BCUT2D eigenvalue weighted by atomic mass is 9.77. The molecular formula is C19H27ClN2O2. The maximum Gasteiger partial charge on any atom is 0.223 e. The lowest BCUT2D eigenvalue weighted by Gasteiger charge is -2.39. The van der Waals surface area contributed by atoms with Crippen molar-refractivity contribution in [1.29, 1.82) is 0 Å². The van der Waals surface area contributed by atoms with Crippen molar-refractivity contribution < 1.29 is 9.90 Å². The molecule has 0 saturated carbocycles. The zero-order valence-corrected chi connectivity index (χ0v) is 15.1. The van der Waals surface area contributed by atoms with Crippen LogP contribution in [0.5, 0.6) is 0 Å². The molecule has 0 aliphatic carbocycles. The largest absolute Gasteiger partial charge is 0.392 e. The van der Waals surface area contributed by atoms with Crippen LogP contribution in [0.1, 0.15) is 38.2 Å². The molecule has 1 spiro atoms. The van der Waals surface area contributed by atoms with Gasteiger partial charge in [0.1, 0.15) is 0 Å². The Hall–Kier alpha value is -1.10. The van der Waals surface area contributed by atoms with Crippen LogP contribution in [0.25, 0.3) is 0 Å². The lowest BCUT2D eigenvalue weighted by Crippen LogP contribution is -2.44. The van der Waals surface area contributed by atoms with Gasteiger partial charge in [0.2, 0.25) is 5.91 Å². The van der Waals surface area contributed by atoms with Gasteiger partial charge in [0.25, 0.3) is 0 Å². The second-order valence-corrected chi connectivity index (χ2v) is 7.85. The average molecular weight is 351 g/mol. The molecule has 2 fully saturated rings. The number of rotatable bonds is 5. The minimum Gasteiger partial charge on any atom is -0.392 e. The molecule has 0 bridgehead atoms. The molecule has 2 aliphatic heterocycles. The topological polar surface area (TPSA) is 43.8 Å². The monoisotopic (exact) mass is 350 g/mol. The van der Waals surface area contributed by atoms with Gasteiger partial charge in [-0.05, 0) is 55.5 Å². The Bertz CT molecular complexity index is 567. The summed E-state index contributed by atoms with van der Waals surface area (Å²) < 4.78 is 0. The smallest absolute Gasteiger partial charge is 0.223 e. The zero-order chi connectivity index (χ0) is 17.2. The molecule has 0 aromatic heterocycles. The summed E-state index contributed by atoms with van der Waals surface area (Å²) in [5.74, 6) is 0.270. The highest BCUT2D eigenvalue weighted by Crippen LogP contribution is 2.41. The molecule has 0 unspecified atom stereocenters. The third-order valence-corrected chi connectivity index (χ3v) is 5.80. The molecule has 2 aliphatic rings. The van der Waals surface area contributed by atoms with Crippen molar-refractivity contribution in [3.05, 3.63) is 34.9 Å². The van der Waals surface area contributed by atoms with Crippen LogP contribution in [0.2, 0.25) is 5.02 Å². The summed E-state index contributed by atoms with van der Waals surface area (Å²) in [6, 6.07) is 7.75. The summed E-state index contributed by atoms with van der Waals surface area (Å²) in [6.07, 6.45) is 3.34. The number of carbonyl (C=O) groups excluding carboxylic acids is 1. The highest BCUT2D eigenvalue weighted by atomic mass is 35.5. The molecule has 0 radical (unpaired) electrons. The number of hydrogen-bond acceptors (Lipinski definition) is 3. The SMILES string of the molecule is CC[C@H](O)CN1CCC2(CC1)CC(=O)N(Cc1ccc(Cl)cc1)C2. The van der Waals surface area contributed by atoms with E-state index >= 15 is 0 Å². The number of piperidine rings is 1. The van der Waals surface area contributed by atoms with Crippen molar-refractivity contribution >= 4 is 17.5 Å². The molecule has 1 aromatic rings. The first-order valence-corrected chi connectivity index (χ1v) is 9.30. The first-order valence-electron chi connectivity index (χ1n) is 8.92. The highest BCUT2D eigenvalue weighted by Gasteiger charge is 2.44. The van der Waals surface area contributed by atoms with Crippen LogP contribution in [0.3, 0.4) is 0 Å². The first kappa shape index (κ1) is 17.7. The Balaban J connectivity index is 1.56. The second-order valence-electron chi connectivity index (χ2n) is 7.42. The summed E-state index contributed by atoms with van der Waals surface area (Å²) >= 11 is 5.93. The highest BCUT2D eigenvalue weighted by molar-refractivity contribution is 6.30. The number of β-amino-alcohol motifs (C(OH)–C–C–N with tert-alkyl or cyclic N) is 1. The van der Waals surface area contributed by atoms with Crippen molar-refractivity contribution in [3.8, 4) is 0 Å². The number of amides is 1. The van der Waals surface area contributed by atoms with Gasteiger partial charge >= 0.3 is 0 Å². The van der Waals surface area contributed by atoms with Gasteiger partial charge in [-0.25, -0.2) is 0 Å². The molecule has 2 saturated heterocycles. The number of benzene rings is 1. The van der Waals surface area contributed by atoms with E-state index in [2.05, 4.69) is 4.90 Å². The number of aliphatic hydroxyl groups is 1. The standard InChI is InChI=1S/C19H27ClN2O2/c1-2-17(23)13-21-9-7-19(8-10-21)11-18(24)22(14-19)12-15-3-5-16(20)6-4-15/h3-6,17,23H,2,7-14H2,1H3/t17-/m0/s1. The van der Waals surface area contributed by atoms with Gasteiger partial charge in [-0.3, -0.25) is 4.79 Å². The van der Waals surface area contributed by atoms with Crippen LogP contribution in [0, 0.1) is 5.41 Å². The summed E-state index contributed by atoms with van der Waals surface area (Å²) in [7, 11) is 0. The number of halogens is 1. The van der Waals surface area contributed by atoms with Gasteiger partial charge in [0, 0.05) is 31.1 Å². The van der Waals surface area contributed by atoms with E-state index in [-0.39, 0.29) is 17.4 Å². The molecule has 1 amide bonds. The fourth-order valence-electron chi connectivity index (χ4n) is 3.91. The predicted octanol–water partition coefficient (Wildman–Crippen LogP) is 2.93. The van der Waals surface area contributed by atoms with Crippen LogP contribution in [0.4, 0.5) is 0 Å². The summed E-state index contributed by atoms with van der Waals surface area (Å²) in [4.78, 5) is 16.8. The molecule has 1 N–H and O–H groups in total. The fraction of sp³-hybridized carbons (Fsp3) is 0.632. The number of carbonyl (C=O) groups is 1. The Morgan fingerprint density at radius 1 is 1.25 bits per heavy atom. The molecule has 1 atom stereocenters.